The Bertz CT molecular complexity index is 561. The highest BCUT2D eigenvalue weighted by molar-refractivity contribution is 7.89. The third kappa shape index (κ3) is 3.13. The maximum Gasteiger partial charge on any atom is 0.416 e. The molecule has 8 heteroatoms. The molecular weight excluding hydrogens is 293 g/mol. The van der Waals surface area contributed by atoms with Crippen LogP contribution < -0.4 is 5.73 Å². The first-order valence-electron chi connectivity index (χ1n) is 6.14. The highest BCUT2D eigenvalue weighted by atomic mass is 32.2. The molecule has 0 saturated carbocycles. The van der Waals surface area contributed by atoms with Crippen molar-refractivity contribution in [3.05, 3.63) is 29.8 Å². The lowest BCUT2D eigenvalue weighted by atomic mass is 10.1. The van der Waals surface area contributed by atoms with Crippen molar-refractivity contribution in [1.29, 1.82) is 0 Å². The van der Waals surface area contributed by atoms with Gasteiger partial charge >= 0.3 is 6.18 Å². The molecule has 0 spiro atoms. The Morgan fingerprint density at radius 3 is 2.05 bits per heavy atom. The second-order valence-corrected chi connectivity index (χ2v) is 6.70. The van der Waals surface area contributed by atoms with Gasteiger partial charge < -0.3 is 5.73 Å². The van der Waals surface area contributed by atoms with Crippen molar-refractivity contribution in [3.8, 4) is 0 Å². The molecule has 20 heavy (non-hydrogen) atoms. The normalized spacial score (nSPS) is 19.2. The number of benzene rings is 1. The van der Waals surface area contributed by atoms with Crippen LogP contribution in [0.3, 0.4) is 0 Å². The van der Waals surface area contributed by atoms with Gasteiger partial charge in [-0.15, -0.1) is 0 Å². The minimum atomic E-state index is -4.47. The summed E-state index contributed by atoms with van der Waals surface area (Å²) in [5.74, 6) is 0. The highest BCUT2D eigenvalue weighted by Crippen LogP contribution is 2.30. The lowest BCUT2D eigenvalue weighted by Gasteiger charge is -2.29. The monoisotopic (exact) mass is 308 g/mol. The van der Waals surface area contributed by atoms with E-state index in [2.05, 4.69) is 0 Å². The molecule has 0 aromatic heterocycles. The number of hydrogen-bond acceptors (Lipinski definition) is 3. The molecule has 0 atom stereocenters. The van der Waals surface area contributed by atoms with E-state index in [1.165, 1.54) is 4.31 Å². The molecule has 2 rings (SSSR count). The van der Waals surface area contributed by atoms with Crippen LogP contribution in [0, 0.1) is 0 Å². The zero-order valence-corrected chi connectivity index (χ0v) is 11.4. The standard InChI is InChI=1S/C12H15F3N2O2S/c13-12(14,15)9-1-3-11(4-2-9)20(18,19)17-7-5-10(16)6-8-17/h1-4,10H,5-8,16H2. The molecule has 1 aliphatic heterocycles. The first kappa shape index (κ1) is 15.3. The summed E-state index contributed by atoms with van der Waals surface area (Å²) in [6.07, 6.45) is -3.36. The highest BCUT2D eigenvalue weighted by Gasteiger charge is 2.32. The number of nitrogens with zero attached hydrogens (tertiary/aromatic N) is 1. The van der Waals surface area contributed by atoms with Crippen LogP contribution in [-0.2, 0) is 16.2 Å². The fraction of sp³-hybridized carbons (Fsp3) is 0.500. The molecular formula is C12H15F3N2O2S. The van der Waals surface area contributed by atoms with E-state index < -0.39 is 21.8 Å². The number of rotatable bonds is 2. The average molecular weight is 308 g/mol. The van der Waals surface area contributed by atoms with E-state index in [4.69, 9.17) is 5.73 Å². The summed E-state index contributed by atoms with van der Waals surface area (Å²) in [6, 6.07) is 3.53. The third-order valence-corrected chi connectivity index (χ3v) is 5.23. The minimum Gasteiger partial charge on any atom is -0.328 e. The number of halogens is 3. The molecule has 1 aromatic rings. The maximum absolute atomic E-state index is 12.4. The van der Waals surface area contributed by atoms with Crippen molar-refractivity contribution in [2.75, 3.05) is 13.1 Å². The lowest BCUT2D eigenvalue weighted by molar-refractivity contribution is -0.137. The van der Waals surface area contributed by atoms with Crippen LogP contribution >= 0.6 is 0 Å². The summed E-state index contributed by atoms with van der Waals surface area (Å²) in [4.78, 5) is -0.124. The quantitative estimate of drug-likeness (QED) is 0.906. The average Bonchev–Trinajstić information content (AvgIpc) is 2.38. The van der Waals surface area contributed by atoms with Gasteiger partial charge in [0.05, 0.1) is 10.5 Å². The molecule has 1 aromatic carbocycles. The second kappa shape index (κ2) is 5.34. The summed E-state index contributed by atoms with van der Waals surface area (Å²) >= 11 is 0. The Kier molecular flexibility index (Phi) is 4.08. The predicted molar refractivity (Wildman–Crippen MR) is 67.4 cm³/mol. The fourth-order valence-corrected chi connectivity index (χ4v) is 3.55. The van der Waals surface area contributed by atoms with Gasteiger partial charge in [0.15, 0.2) is 0 Å². The molecule has 1 saturated heterocycles. The number of piperidine rings is 1. The number of nitrogens with two attached hydrogens (primary N) is 1. The van der Waals surface area contributed by atoms with E-state index in [0.717, 1.165) is 24.3 Å². The molecule has 2 N–H and O–H groups in total. The molecule has 0 aliphatic carbocycles. The molecule has 0 unspecified atom stereocenters. The zero-order chi connectivity index (χ0) is 15.0. The van der Waals surface area contributed by atoms with E-state index in [1.807, 2.05) is 0 Å². The van der Waals surface area contributed by atoms with Crippen LogP contribution in [0.1, 0.15) is 18.4 Å². The molecule has 1 fully saturated rings. The van der Waals surface area contributed by atoms with Gasteiger partial charge in [0.2, 0.25) is 10.0 Å². The van der Waals surface area contributed by atoms with Gasteiger partial charge in [0, 0.05) is 19.1 Å². The lowest BCUT2D eigenvalue weighted by Crippen LogP contribution is -2.42. The van der Waals surface area contributed by atoms with E-state index in [9.17, 15) is 21.6 Å². The third-order valence-electron chi connectivity index (χ3n) is 3.32. The van der Waals surface area contributed by atoms with Crippen LogP contribution in [0.2, 0.25) is 0 Å². The van der Waals surface area contributed by atoms with Crippen molar-refractivity contribution in [3.63, 3.8) is 0 Å². The molecule has 0 amide bonds. The number of alkyl halides is 3. The topological polar surface area (TPSA) is 63.4 Å². The largest absolute Gasteiger partial charge is 0.416 e. The molecule has 4 nitrogen and oxygen atoms in total. The van der Waals surface area contributed by atoms with Crippen molar-refractivity contribution in [1.82, 2.24) is 4.31 Å². The molecule has 0 bridgehead atoms. The van der Waals surface area contributed by atoms with Gasteiger partial charge in [-0.05, 0) is 37.1 Å². The summed E-state index contributed by atoms with van der Waals surface area (Å²) in [5, 5.41) is 0. The Morgan fingerprint density at radius 1 is 1.10 bits per heavy atom. The van der Waals surface area contributed by atoms with Crippen molar-refractivity contribution >= 4 is 10.0 Å². The minimum absolute atomic E-state index is 0.0194. The van der Waals surface area contributed by atoms with Crippen LogP contribution in [0.4, 0.5) is 13.2 Å². The SMILES string of the molecule is NC1CCN(S(=O)(=O)c2ccc(C(F)(F)F)cc2)CC1. The Labute approximate surface area is 115 Å². The van der Waals surface area contributed by atoms with E-state index in [1.54, 1.807) is 0 Å². The van der Waals surface area contributed by atoms with Gasteiger partial charge in [0.25, 0.3) is 0 Å². The van der Waals surface area contributed by atoms with E-state index in [-0.39, 0.29) is 10.9 Å². The van der Waals surface area contributed by atoms with Crippen molar-refractivity contribution < 1.29 is 21.6 Å². The molecule has 1 aliphatic rings. The summed E-state index contributed by atoms with van der Waals surface area (Å²) in [7, 11) is -3.74. The van der Waals surface area contributed by atoms with E-state index in [0.29, 0.717) is 25.9 Å². The Balaban J connectivity index is 2.22. The molecule has 1 heterocycles. The van der Waals surface area contributed by atoms with Crippen LogP contribution in [0.5, 0.6) is 0 Å². The van der Waals surface area contributed by atoms with Gasteiger partial charge in [-0.1, -0.05) is 0 Å². The smallest absolute Gasteiger partial charge is 0.328 e. The predicted octanol–water partition coefficient (Wildman–Crippen LogP) is 1.82. The summed E-state index contributed by atoms with van der Waals surface area (Å²) in [5.41, 5.74) is 4.84. The number of sulfonamides is 1. The first-order chi connectivity index (χ1) is 9.21. The first-order valence-corrected chi connectivity index (χ1v) is 7.58. The van der Waals surface area contributed by atoms with Crippen LogP contribution in [0.15, 0.2) is 29.2 Å². The van der Waals surface area contributed by atoms with Gasteiger partial charge in [0.1, 0.15) is 0 Å². The van der Waals surface area contributed by atoms with Crippen molar-refractivity contribution in [2.24, 2.45) is 5.73 Å². The van der Waals surface area contributed by atoms with Gasteiger partial charge in [-0.2, -0.15) is 17.5 Å². The Morgan fingerprint density at radius 2 is 1.60 bits per heavy atom. The molecule has 112 valence electrons. The zero-order valence-electron chi connectivity index (χ0n) is 10.6. The second-order valence-electron chi connectivity index (χ2n) is 4.76. The number of hydrogen-bond donors (Lipinski definition) is 1. The Hall–Kier alpha value is -1.12. The van der Waals surface area contributed by atoms with E-state index >= 15 is 0 Å². The summed E-state index contributed by atoms with van der Waals surface area (Å²) < 4.78 is 63.1. The van der Waals surface area contributed by atoms with Crippen LogP contribution in [0.25, 0.3) is 0 Å². The summed E-state index contributed by atoms with van der Waals surface area (Å²) in [6.45, 7) is 0.592. The van der Waals surface area contributed by atoms with Gasteiger partial charge in [-0.3, -0.25) is 0 Å². The van der Waals surface area contributed by atoms with Crippen LogP contribution in [-0.4, -0.2) is 31.9 Å². The van der Waals surface area contributed by atoms with Crippen molar-refractivity contribution in [2.45, 2.75) is 30.0 Å². The maximum atomic E-state index is 12.4. The fourth-order valence-electron chi connectivity index (χ4n) is 2.08. The van der Waals surface area contributed by atoms with Gasteiger partial charge in [-0.25, -0.2) is 8.42 Å². The molecule has 0 radical (unpaired) electrons.